The molecule has 1 heterocycles. The molecule has 1 N–H and O–H groups in total. The summed E-state index contributed by atoms with van der Waals surface area (Å²) in [6.45, 7) is 3.91. The molecular weight excluding hydrogens is 320 g/mol. The highest BCUT2D eigenvalue weighted by molar-refractivity contribution is 6.38. The molecule has 0 fully saturated rings. The Morgan fingerprint density at radius 1 is 1.40 bits per heavy atom. The Labute approximate surface area is 147 Å². The molecule has 1 amide bonds. The van der Waals surface area contributed by atoms with Crippen molar-refractivity contribution in [2.24, 2.45) is 5.10 Å². The molecule has 2 rings (SSSR count). The molecule has 1 aromatic rings. The number of nitrogens with one attached hydrogen (secondary N) is 1. The van der Waals surface area contributed by atoms with Crippen LogP contribution in [0.15, 0.2) is 35.4 Å². The van der Waals surface area contributed by atoms with E-state index in [0.717, 1.165) is 6.42 Å². The van der Waals surface area contributed by atoms with E-state index in [1.807, 2.05) is 37.3 Å². The normalized spacial score (nSPS) is 17.4. The molecule has 0 bridgehead atoms. The van der Waals surface area contributed by atoms with E-state index in [4.69, 9.17) is 10.00 Å². The van der Waals surface area contributed by atoms with Crippen molar-refractivity contribution in [3.8, 4) is 6.07 Å². The Bertz CT molecular complexity index is 681. The van der Waals surface area contributed by atoms with Crippen LogP contribution < -0.4 is 10.3 Å². The monoisotopic (exact) mass is 342 g/mol. The molecule has 0 radical (unpaired) electrons. The molecule has 7 heteroatoms. The third kappa shape index (κ3) is 4.57. The topological polar surface area (TPSA) is 94.8 Å². The molecule has 0 saturated heterocycles. The molecule has 25 heavy (non-hydrogen) atoms. The number of rotatable bonds is 7. The second kappa shape index (κ2) is 8.83. The number of carbonyl (C=O) groups excluding carboxylic acids is 2. The number of carbonyl (C=O) groups is 2. The van der Waals surface area contributed by atoms with Gasteiger partial charge in [-0.3, -0.25) is 9.80 Å². The number of para-hydroxylation sites is 1. The molecule has 132 valence electrons. The third-order valence-electron chi connectivity index (χ3n) is 3.79. The van der Waals surface area contributed by atoms with Crippen LogP contribution in [0.2, 0.25) is 0 Å². The van der Waals surface area contributed by atoms with E-state index in [0.29, 0.717) is 12.1 Å². The zero-order chi connectivity index (χ0) is 18.2. The van der Waals surface area contributed by atoms with Crippen LogP contribution in [0.4, 0.5) is 5.69 Å². The van der Waals surface area contributed by atoms with Gasteiger partial charge in [-0.15, -0.1) is 0 Å². The molecule has 2 atom stereocenters. The average molecular weight is 342 g/mol. The smallest absolute Gasteiger partial charge is 0.354 e. The predicted octanol–water partition coefficient (Wildman–Crippen LogP) is 1.99. The number of benzene rings is 1. The Hall–Kier alpha value is -2.88. The Morgan fingerprint density at radius 3 is 2.72 bits per heavy atom. The molecule has 0 spiro atoms. The van der Waals surface area contributed by atoms with E-state index in [2.05, 4.69) is 16.5 Å². The highest BCUT2D eigenvalue weighted by Crippen LogP contribution is 2.25. The van der Waals surface area contributed by atoms with Gasteiger partial charge in [-0.1, -0.05) is 31.5 Å². The first-order chi connectivity index (χ1) is 12.1. The van der Waals surface area contributed by atoms with Crippen LogP contribution in [-0.2, 0) is 14.3 Å². The van der Waals surface area contributed by atoms with Gasteiger partial charge < -0.3 is 10.1 Å². The van der Waals surface area contributed by atoms with Gasteiger partial charge in [-0.2, -0.15) is 10.4 Å². The number of nitrogens with zero attached hydrogens (tertiary/aromatic N) is 3. The fourth-order valence-corrected chi connectivity index (χ4v) is 2.60. The van der Waals surface area contributed by atoms with Crippen LogP contribution >= 0.6 is 0 Å². The maximum atomic E-state index is 12.7. The zero-order valence-corrected chi connectivity index (χ0v) is 14.4. The van der Waals surface area contributed by atoms with Crippen molar-refractivity contribution in [2.75, 3.05) is 11.6 Å². The molecule has 1 aromatic carbocycles. The highest BCUT2D eigenvalue weighted by Gasteiger charge is 2.37. The lowest BCUT2D eigenvalue weighted by Crippen LogP contribution is -2.46. The SMILES string of the molecule is CCCC(C#N)NC(=O)C1CC(C(=O)OCC)=NN1c1ccccc1. The van der Waals surface area contributed by atoms with Crippen molar-refractivity contribution in [3.63, 3.8) is 0 Å². The van der Waals surface area contributed by atoms with Crippen LogP contribution in [0.25, 0.3) is 0 Å². The van der Waals surface area contributed by atoms with Crippen molar-refractivity contribution >= 4 is 23.3 Å². The number of anilines is 1. The minimum atomic E-state index is -0.686. The van der Waals surface area contributed by atoms with Crippen LogP contribution in [-0.4, -0.2) is 36.3 Å². The lowest BCUT2D eigenvalue weighted by Gasteiger charge is -2.23. The summed E-state index contributed by atoms with van der Waals surface area (Å²) in [5.41, 5.74) is 0.904. The van der Waals surface area contributed by atoms with Gasteiger partial charge >= 0.3 is 5.97 Å². The summed E-state index contributed by atoms with van der Waals surface area (Å²) >= 11 is 0. The van der Waals surface area contributed by atoms with Gasteiger partial charge in [0.05, 0.1) is 18.4 Å². The summed E-state index contributed by atoms with van der Waals surface area (Å²) in [6, 6.07) is 9.99. The first-order valence-corrected chi connectivity index (χ1v) is 8.39. The Balaban J connectivity index is 2.22. The summed E-state index contributed by atoms with van der Waals surface area (Å²) in [5, 5.41) is 17.7. The summed E-state index contributed by atoms with van der Waals surface area (Å²) in [5.74, 6) is -0.851. The summed E-state index contributed by atoms with van der Waals surface area (Å²) in [6.07, 6.45) is 1.51. The van der Waals surface area contributed by atoms with E-state index < -0.39 is 18.1 Å². The standard InChI is InChI=1S/C18H22N4O3/c1-3-8-13(12-19)20-17(23)16-11-15(18(24)25-4-2)21-22(16)14-9-6-5-7-10-14/h5-7,9-10,13,16H,3-4,8,11H2,1-2H3,(H,20,23). The van der Waals surface area contributed by atoms with E-state index >= 15 is 0 Å². The molecule has 2 unspecified atom stereocenters. The summed E-state index contributed by atoms with van der Waals surface area (Å²) < 4.78 is 5.00. The summed E-state index contributed by atoms with van der Waals surface area (Å²) in [7, 11) is 0. The second-order valence-corrected chi connectivity index (χ2v) is 5.65. The van der Waals surface area contributed by atoms with Crippen molar-refractivity contribution in [1.82, 2.24) is 5.32 Å². The van der Waals surface area contributed by atoms with Crippen LogP contribution in [0.3, 0.4) is 0 Å². The molecule has 0 saturated carbocycles. The van der Waals surface area contributed by atoms with Gasteiger partial charge in [0.2, 0.25) is 5.91 Å². The molecule has 7 nitrogen and oxygen atoms in total. The maximum Gasteiger partial charge on any atom is 0.354 e. The van der Waals surface area contributed by atoms with Crippen molar-refractivity contribution in [3.05, 3.63) is 30.3 Å². The molecule has 1 aliphatic heterocycles. The van der Waals surface area contributed by atoms with Crippen LogP contribution in [0.5, 0.6) is 0 Å². The molecule has 0 aromatic heterocycles. The number of amides is 1. The second-order valence-electron chi connectivity index (χ2n) is 5.65. The number of ether oxygens (including phenoxy) is 1. The van der Waals surface area contributed by atoms with Crippen LogP contribution in [0.1, 0.15) is 33.1 Å². The number of hydrazone groups is 1. The lowest BCUT2D eigenvalue weighted by molar-refractivity contribution is -0.135. The molecular formula is C18H22N4O3. The van der Waals surface area contributed by atoms with Crippen molar-refractivity contribution in [2.45, 2.75) is 45.2 Å². The number of nitriles is 1. The van der Waals surface area contributed by atoms with Gasteiger partial charge in [0.15, 0.2) is 0 Å². The minimum absolute atomic E-state index is 0.143. The van der Waals surface area contributed by atoms with E-state index in [-0.39, 0.29) is 24.6 Å². The first-order valence-electron chi connectivity index (χ1n) is 8.39. The minimum Gasteiger partial charge on any atom is -0.461 e. The van der Waals surface area contributed by atoms with Gasteiger partial charge in [-0.05, 0) is 25.5 Å². The Kier molecular flexibility index (Phi) is 6.52. The maximum absolute atomic E-state index is 12.7. The zero-order valence-electron chi connectivity index (χ0n) is 14.4. The quantitative estimate of drug-likeness (QED) is 0.765. The van der Waals surface area contributed by atoms with Crippen LogP contribution in [0, 0.1) is 11.3 Å². The highest BCUT2D eigenvalue weighted by atomic mass is 16.5. The predicted molar refractivity (Wildman–Crippen MR) is 93.8 cm³/mol. The fourth-order valence-electron chi connectivity index (χ4n) is 2.60. The number of hydrogen-bond acceptors (Lipinski definition) is 6. The van der Waals surface area contributed by atoms with E-state index in [9.17, 15) is 9.59 Å². The largest absolute Gasteiger partial charge is 0.461 e. The van der Waals surface area contributed by atoms with Gasteiger partial charge in [0.1, 0.15) is 17.8 Å². The van der Waals surface area contributed by atoms with E-state index in [1.165, 1.54) is 5.01 Å². The average Bonchev–Trinajstić information content (AvgIpc) is 3.08. The first kappa shape index (κ1) is 18.5. The number of hydrogen-bond donors (Lipinski definition) is 1. The van der Waals surface area contributed by atoms with E-state index in [1.54, 1.807) is 6.92 Å². The van der Waals surface area contributed by atoms with Gasteiger partial charge in [0, 0.05) is 6.42 Å². The summed E-state index contributed by atoms with van der Waals surface area (Å²) in [4.78, 5) is 24.7. The Morgan fingerprint density at radius 2 is 2.12 bits per heavy atom. The lowest BCUT2D eigenvalue weighted by atomic mass is 10.1. The van der Waals surface area contributed by atoms with Gasteiger partial charge in [-0.25, -0.2) is 4.79 Å². The molecule has 0 aliphatic carbocycles. The third-order valence-corrected chi connectivity index (χ3v) is 3.79. The fraction of sp³-hybridized carbons (Fsp3) is 0.444. The van der Waals surface area contributed by atoms with Gasteiger partial charge in [0.25, 0.3) is 0 Å². The van der Waals surface area contributed by atoms with Crippen molar-refractivity contribution in [1.29, 1.82) is 5.26 Å². The van der Waals surface area contributed by atoms with Crippen molar-refractivity contribution < 1.29 is 14.3 Å². The molecule has 1 aliphatic rings. The number of esters is 1.